The Hall–Kier alpha value is -1.35. The molecule has 2 N–H and O–H groups in total. The van der Waals surface area contributed by atoms with Gasteiger partial charge in [-0.25, -0.2) is 4.79 Å². The topological polar surface area (TPSA) is 52.3 Å². The highest BCUT2D eigenvalue weighted by Crippen LogP contribution is 2.47. The van der Waals surface area contributed by atoms with E-state index in [0.29, 0.717) is 23.9 Å². The van der Waals surface area contributed by atoms with Crippen molar-refractivity contribution >= 4 is 5.97 Å². The van der Waals surface area contributed by atoms with Gasteiger partial charge in [0.05, 0.1) is 12.7 Å². The number of hydrogen-bond donors (Lipinski definition) is 1. The zero-order valence-electron chi connectivity index (χ0n) is 8.77. The minimum Gasteiger partial charge on any atom is -0.465 e. The smallest absolute Gasteiger partial charge is 0.338 e. The van der Waals surface area contributed by atoms with Crippen molar-refractivity contribution in [3.8, 4) is 0 Å². The molecule has 3 nitrogen and oxygen atoms in total. The van der Waals surface area contributed by atoms with Gasteiger partial charge in [-0.05, 0) is 36.4 Å². The van der Waals surface area contributed by atoms with Crippen LogP contribution in [0.15, 0.2) is 24.3 Å². The first-order chi connectivity index (χ1) is 7.27. The van der Waals surface area contributed by atoms with Crippen molar-refractivity contribution in [3.63, 3.8) is 0 Å². The highest BCUT2D eigenvalue weighted by Gasteiger charge is 2.38. The predicted molar refractivity (Wildman–Crippen MR) is 57.7 cm³/mol. The Balaban J connectivity index is 2.27. The highest BCUT2D eigenvalue weighted by molar-refractivity contribution is 5.91. The van der Waals surface area contributed by atoms with Crippen molar-refractivity contribution in [2.24, 2.45) is 11.7 Å². The molecule has 1 fully saturated rings. The van der Waals surface area contributed by atoms with Crippen LogP contribution in [0, 0.1) is 5.92 Å². The minimum atomic E-state index is -0.256. The highest BCUT2D eigenvalue weighted by atomic mass is 16.5. The second-order valence-corrected chi connectivity index (χ2v) is 3.92. The second-order valence-electron chi connectivity index (χ2n) is 3.92. The third-order valence-corrected chi connectivity index (χ3v) is 2.99. The van der Waals surface area contributed by atoms with Gasteiger partial charge in [-0.2, -0.15) is 0 Å². The molecule has 1 aliphatic carbocycles. The van der Waals surface area contributed by atoms with E-state index >= 15 is 0 Å². The third kappa shape index (κ3) is 1.88. The number of nitrogens with two attached hydrogens (primary N) is 1. The number of methoxy groups -OCH3 is 1. The van der Waals surface area contributed by atoms with Crippen LogP contribution in [0.25, 0.3) is 0 Å². The summed E-state index contributed by atoms with van der Waals surface area (Å²) in [6.07, 6.45) is 1.09. The van der Waals surface area contributed by atoms with Gasteiger partial charge in [0.1, 0.15) is 0 Å². The normalized spacial score (nSPS) is 23.6. The first-order valence-corrected chi connectivity index (χ1v) is 5.15. The van der Waals surface area contributed by atoms with E-state index in [2.05, 4.69) is 0 Å². The fourth-order valence-electron chi connectivity index (χ4n) is 2.01. The van der Waals surface area contributed by atoms with Crippen LogP contribution in [-0.2, 0) is 4.74 Å². The summed E-state index contributed by atoms with van der Waals surface area (Å²) in [5.74, 6) is 0.731. The molecule has 1 saturated carbocycles. The Labute approximate surface area is 89.2 Å². The van der Waals surface area contributed by atoms with Crippen LogP contribution in [0.5, 0.6) is 0 Å². The van der Waals surface area contributed by atoms with Gasteiger partial charge >= 0.3 is 5.97 Å². The molecule has 0 amide bonds. The van der Waals surface area contributed by atoms with E-state index in [4.69, 9.17) is 10.5 Å². The average molecular weight is 205 g/mol. The van der Waals surface area contributed by atoms with Gasteiger partial charge < -0.3 is 10.5 Å². The standard InChI is InChI=1S/C12H15NO2/c1-15-12(14)10-5-3-2-4-9(10)11-6-8(11)7-13/h2-5,8,11H,6-7,13H2,1H3/t8-,11+/m0/s1. The molecule has 80 valence electrons. The van der Waals surface area contributed by atoms with Gasteiger partial charge in [-0.1, -0.05) is 18.2 Å². The number of carbonyl (C=O) groups is 1. The predicted octanol–water partition coefficient (Wildman–Crippen LogP) is 1.54. The van der Waals surface area contributed by atoms with Gasteiger partial charge in [0.2, 0.25) is 0 Å². The van der Waals surface area contributed by atoms with E-state index in [1.165, 1.54) is 7.11 Å². The zero-order valence-corrected chi connectivity index (χ0v) is 8.77. The molecule has 1 aliphatic rings. The number of esters is 1. The van der Waals surface area contributed by atoms with Crippen molar-refractivity contribution in [3.05, 3.63) is 35.4 Å². The maximum absolute atomic E-state index is 11.5. The number of benzene rings is 1. The SMILES string of the molecule is COC(=O)c1ccccc1[C@@H]1C[C@H]1CN. The molecule has 0 aliphatic heterocycles. The Kier molecular flexibility index (Phi) is 2.73. The maximum Gasteiger partial charge on any atom is 0.338 e. The molecule has 0 aromatic heterocycles. The Morgan fingerprint density at radius 1 is 1.53 bits per heavy atom. The van der Waals surface area contributed by atoms with Crippen molar-refractivity contribution in [1.82, 2.24) is 0 Å². The Morgan fingerprint density at radius 3 is 2.87 bits per heavy atom. The fourth-order valence-corrected chi connectivity index (χ4v) is 2.01. The van der Waals surface area contributed by atoms with Crippen LogP contribution in [-0.4, -0.2) is 19.6 Å². The number of carbonyl (C=O) groups excluding carboxylic acids is 1. The molecular formula is C12H15NO2. The second kappa shape index (κ2) is 4.03. The van der Waals surface area contributed by atoms with Crippen LogP contribution in [0.3, 0.4) is 0 Å². The molecule has 15 heavy (non-hydrogen) atoms. The summed E-state index contributed by atoms with van der Waals surface area (Å²) in [7, 11) is 1.41. The summed E-state index contributed by atoms with van der Waals surface area (Å²) in [6.45, 7) is 0.695. The van der Waals surface area contributed by atoms with Crippen molar-refractivity contribution in [2.75, 3.05) is 13.7 Å². The summed E-state index contributed by atoms with van der Waals surface area (Å²) in [5, 5.41) is 0. The molecule has 1 aromatic carbocycles. The van der Waals surface area contributed by atoms with Gasteiger partial charge in [0, 0.05) is 0 Å². The lowest BCUT2D eigenvalue weighted by atomic mass is 10.0. The van der Waals surface area contributed by atoms with Gasteiger partial charge in [0.25, 0.3) is 0 Å². The monoisotopic (exact) mass is 205 g/mol. The lowest BCUT2D eigenvalue weighted by Gasteiger charge is -2.06. The van der Waals surface area contributed by atoms with E-state index in [1.54, 1.807) is 0 Å². The lowest BCUT2D eigenvalue weighted by molar-refractivity contribution is 0.0599. The van der Waals surface area contributed by atoms with Crippen molar-refractivity contribution in [1.29, 1.82) is 0 Å². The summed E-state index contributed by atoms with van der Waals surface area (Å²) >= 11 is 0. The molecule has 1 aromatic rings. The van der Waals surface area contributed by atoms with E-state index in [-0.39, 0.29) is 5.97 Å². The molecule has 2 rings (SSSR count). The maximum atomic E-state index is 11.5. The van der Waals surface area contributed by atoms with Crippen LogP contribution in [0.4, 0.5) is 0 Å². The first-order valence-electron chi connectivity index (χ1n) is 5.15. The largest absolute Gasteiger partial charge is 0.465 e. The zero-order chi connectivity index (χ0) is 10.8. The summed E-state index contributed by atoms with van der Waals surface area (Å²) in [4.78, 5) is 11.5. The van der Waals surface area contributed by atoms with Crippen LogP contribution in [0.2, 0.25) is 0 Å². The van der Waals surface area contributed by atoms with E-state index in [9.17, 15) is 4.79 Å². The van der Waals surface area contributed by atoms with Crippen molar-refractivity contribution < 1.29 is 9.53 Å². The molecule has 0 unspecified atom stereocenters. The summed E-state index contributed by atoms with van der Waals surface area (Å²) < 4.78 is 4.75. The van der Waals surface area contributed by atoms with Crippen molar-refractivity contribution in [2.45, 2.75) is 12.3 Å². The molecule has 2 atom stereocenters. The van der Waals surface area contributed by atoms with Crippen LogP contribution >= 0.6 is 0 Å². The number of hydrogen-bond acceptors (Lipinski definition) is 3. The molecule has 0 spiro atoms. The molecule has 0 heterocycles. The molecule has 0 bridgehead atoms. The Morgan fingerprint density at radius 2 is 2.27 bits per heavy atom. The first kappa shape index (κ1) is 10.2. The summed E-state index contributed by atoms with van der Waals surface area (Å²) in [5.41, 5.74) is 7.37. The molecule has 3 heteroatoms. The van der Waals surface area contributed by atoms with Crippen LogP contribution in [0.1, 0.15) is 28.3 Å². The Bertz CT molecular complexity index is 376. The van der Waals surface area contributed by atoms with E-state index in [0.717, 1.165) is 12.0 Å². The van der Waals surface area contributed by atoms with Crippen LogP contribution < -0.4 is 5.73 Å². The van der Waals surface area contributed by atoms with Gasteiger partial charge in [-0.3, -0.25) is 0 Å². The third-order valence-electron chi connectivity index (χ3n) is 2.99. The lowest BCUT2D eigenvalue weighted by Crippen LogP contribution is -2.07. The number of rotatable bonds is 3. The average Bonchev–Trinajstić information content (AvgIpc) is 3.07. The fraction of sp³-hybridized carbons (Fsp3) is 0.417. The van der Waals surface area contributed by atoms with E-state index < -0.39 is 0 Å². The molecule has 0 radical (unpaired) electrons. The van der Waals surface area contributed by atoms with E-state index in [1.807, 2.05) is 24.3 Å². The quantitative estimate of drug-likeness (QED) is 0.761. The van der Waals surface area contributed by atoms with Gasteiger partial charge in [0.15, 0.2) is 0 Å². The number of ether oxygens (including phenoxy) is 1. The molecular weight excluding hydrogens is 190 g/mol. The van der Waals surface area contributed by atoms with Gasteiger partial charge in [-0.15, -0.1) is 0 Å². The summed E-state index contributed by atoms with van der Waals surface area (Å²) in [6, 6.07) is 7.61. The minimum absolute atomic E-state index is 0.256. The molecule has 0 saturated heterocycles.